The first-order valence-corrected chi connectivity index (χ1v) is 11.4. The lowest BCUT2D eigenvalue weighted by molar-refractivity contribution is 0.0987. The van der Waals surface area contributed by atoms with E-state index in [2.05, 4.69) is 4.72 Å². The van der Waals surface area contributed by atoms with Crippen LogP contribution in [0.2, 0.25) is 0 Å². The molecule has 0 radical (unpaired) electrons. The molecule has 1 amide bonds. The third-order valence-corrected chi connectivity index (χ3v) is 6.67. The molecule has 3 aromatic rings. The molecule has 0 heterocycles. The zero-order chi connectivity index (χ0) is 22.6. The van der Waals surface area contributed by atoms with Crippen LogP contribution in [0.15, 0.2) is 71.6 Å². The topological polar surface area (TPSA) is 66.5 Å². The van der Waals surface area contributed by atoms with Crippen molar-refractivity contribution in [1.29, 1.82) is 0 Å². The van der Waals surface area contributed by atoms with Gasteiger partial charge in [-0.2, -0.15) is 0 Å². The maximum Gasteiger partial charge on any atom is 0.258 e. The van der Waals surface area contributed by atoms with Gasteiger partial charge in [0.25, 0.3) is 5.91 Å². The first kappa shape index (κ1) is 22.7. The van der Waals surface area contributed by atoms with Gasteiger partial charge in [-0.25, -0.2) is 17.5 Å². The summed E-state index contributed by atoms with van der Waals surface area (Å²) in [6.07, 6.45) is 0. The van der Waals surface area contributed by atoms with Gasteiger partial charge in [-0.3, -0.25) is 4.79 Å². The molecule has 0 spiro atoms. The highest BCUT2D eigenvalue weighted by molar-refractivity contribution is 7.89. The number of aryl methyl sites for hydroxylation is 3. The van der Waals surface area contributed by atoms with Crippen LogP contribution >= 0.6 is 0 Å². The summed E-state index contributed by atoms with van der Waals surface area (Å²) in [5, 5.41) is 0. The van der Waals surface area contributed by atoms with E-state index in [0.29, 0.717) is 22.4 Å². The van der Waals surface area contributed by atoms with E-state index < -0.39 is 15.8 Å². The first-order valence-electron chi connectivity index (χ1n) is 9.89. The number of rotatable bonds is 7. The lowest BCUT2D eigenvalue weighted by Crippen LogP contribution is -2.39. The summed E-state index contributed by atoms with van der Waals surface area (Å²) in [5.74, 6) is -0.712. The van der Waals surface area contributed by atoms with Crippen molar-refractivity contribution in [3.8, 4) is 0 Å². The summed E-state index contributed by atoms with van der Waals surface area (Å²) in [6, 6.07) is 17.9. The first-order chi connectivity index (χ1) is 14.7. The number of nitrogens with one attached hydrogen (secondary N) is 1. The highest BCUT2D eigenvalue weighted by Gasteiger charge is 2.22. The lowest BCUT2D eigenvalue weighted by Gasteiger charge is -2.23. The summed E-state index contributed by atoms with van der Waals surface area (Å²) in [7, 11) is -3.76. The quantitative estimate of drug-likeness (QED) is 0.593. The second-order valence-electron chi connectivity index (χ2n) is 7.42. The van der Waals surface area contributed by atoms with Crippen molar-refractivity contribution >= 4 is 21.6 Å². The number of hydrogen-bond donors (Lipinski definition) is 1. The van der Waals surface area contributed by atoms with E-state index in [9.17, 15) is 17.6 Å². The number of carbonyl (C=O) groups is 1. The van der Waals surface area contributed by atoms with Gasteiger partial charge in [0.1, 0.15) is 5.82 Å². The number of halogens is 1. The second-order valence-corrected chi connectivity index (χ2v) is 9.13. The molecule has 31 heavy (non-hydrogen) atoms. The average molecular weight is 441 g/mol. The maximum absolute atomic E-state index is 13.4. The van der Waals surface area contributed by atoms with Gasteiger partial charge in [0.05, 0.1) is 4.90 Å². The molecule has 1 N–H and O–H groups in total. The van der Waals surface area contributed by atoms with Gasteiger partial charge in [0.15, 0.2) is 0 Å². The Balaban J connectivity index is 1.82. The standard InChI is InChI=1S/C24H25FN2O3S/c1-17-15-18(2)23(19(3)16-17)31(29,30)26-13-14-27(22-11-9-21(25)10-12-22)24(28)20-7-5-4-6-8-20/h4-12,15-16,26H,13-14H2,1-3H3. The highest BCUT2D eigenvalue weighted by atomic mass is 32.2. The van der Waals surface area contributed by atoms with Crippen LogP contribution in [-0.2, 0) is 10.0 Å². The molecule has 5 nitrogen and oxygen atoms in total. The van der Waals surface area contributed by atoms with E-state index in [0.717, 1.165) is 5.56 Å². The van der Waals surface area contributed by atoms with Crippen molar-refractivity contribution in [2.75, 3.05) is 18.0 Å². The summed E-state index contributed by atoms with van der Waals surface area (Å²) in [6.45, 7) is 5.53. The van der Waals surface area contributed by atoms with Gasteiger partial charge in [0.2, 0.25) is 10.0 Å². The molecular formula is C24H25FN2O3S. The minimum Gasteiger partial charge on any atom is -0.307 e. The molecule has 0 saturated carbocycles. The minimum atomic E-state index is -3.76. The van der Waals surface area contributed by atoms with E-state index in [-0.39, 0.29) is 23.9 Å². The van der Waals surface area contributed by atoms with Crippen LogP contribution in [0.3, 0.4) is 0 Å². The molecular weight excluding hydrogens is 415 g/mol. The van der Waals surface area contributed by atoms with Crippen LogP contribution in [0.25, 0.3) is 0 Å². The zero-order valence-corrected chi connectivity index (χ0v) is 18.5. The third-order valence-electron chi connectivity index (χ3n) is 4.91. The van der Waals surface area contributed by atoms with Crippen molar-refractivity contribution in [3.63, 3.8) is 0 Å². The van der Waals surface area contributed by atoms with E-state index in [1.54, 1.807) is 44.2 Å². The normalized spacial score (nSPS) is 11.4. The van der Waals surface area contributed by atoms with Crippen molar-refractivity contribution in [3.05, 3.63) is 94.8 Å². The number of hydrogen-bond acceptors (Lipinski definition) is 3. The average Bonchev–Trinajstić information content (AvgIpc) is 2.71. The van der Waals surface area contributed by atoms with Crippen molar-refractivity contribution in [2.24, 2.45) is 0 Å². The van der Waals surface area contributed by atoms with Gasteiger partial charge in [-0.1, -0.05) is 35.9 Å². The van der Waals surface area contributed by atoms with E-state index in [1.165, 1.54) is 29.2 Å². The molecule has 0 aromatic heterocycles. The van der Waals surface area contributed by atoms with Crippen LogP contribution in [0.1, 0.15) is 27.0 Å². The van der Waals surface area contributed by atoms with Crippen LogP contribution in [-0.4, -0.2) is 27.4 Å². The number of anilines is 1. The van der Waals surface area contributed by atoms with E-state index in [4.69, 9.17) is 0 Å². The zero-order valence-electron chi connectivity index (χ0n) is 17.7. The number of carbonyl (C=O) groups excluding carboxylic acids is 1. The molecule has 162 valence electrons. The number of sulfonamides is 1. The lowest BCUT2D eigenvalue weighted by atomic mass is 10.1. The fraction of sp³-hybridized carbons (Fsp3) is 0.208. The summed E-state index contributed by atoms with van der Waals surface area (Å²) in [5.41, 5.74) is 3.27. The van der Waals surface area contributed by atoms with Crippen molar-refractivity contribution in [1.82, 2.24) is 4.72 Å². The maximum atomic E-state index is 13.4. The van der Waals surface area contributed by atoms with Crippen LogP contribution < -0.4 is 9.62 Å². The van der Waals surface area contributed by atoms with Crippen LogP contribution in [0, 0.1) is 26.6 Å². The SMILES string of the molecule is Cc1cc(C)c(S(=O)(=O)NCCN(C(=O)c2ccccc2)c2ccc(F)cc2)c(C)c1. The van der Waals surface area contributed by atoms with E-state index in [1.807, 2.05) is 19.1 Å². The fourth-order valence-electron chi connectivity index (χ4n) is 3.66. The summed E-state index contributed by atoms with van der Waals surface area (Å²) in [4.78, 5) is 14.7. The molecule has 0 fully saturated rings. The Labute approximate surface area is 182 Å². The molecule has 0 atom stereocenters. The van der Waals surface area contributed by atoms with Crippen LogP contribution in [0.5, 0.6) is 0 Å². The predicted molar refractivity (Wildman–Crippen MR) is 120 cm³/mol. The third kappa shape index (κ3) is 5.37. The number of benzene rings is 3. The van der Waals surface area contributed by atoms with Gasteiger partial charge in [0, 0.05) is 24.3 Å². The highest BCUT2D eigenvalue weighted by Crippen LogP contribution is 2.22. The molecule has 0 aliphatic carbocycles. The molecule has 0 unspecified atom stereocenters. The molecule has 7 heteroatoms. The largest absolute Gasteiger partial charge is 0.307 e. The Kier molecular flexibility index (Phi) is 6.87. The molecule has 0 aliphatic heterocycles. The van der Waals surface area contributed by atoms with Crippen LogP contribution in [0.4, 0.5) is 10.1 Å². The van der Waals surface area contributed by atoms with E-state index >= 15 is 0 Å². The molecule has 0 bridgehead atoms. The monoisotopic (exact) mass is 440 g/mol. The Morgan fingerprint density at radius 3 is 2.10 bits per heavy atom. The predicted octanol–water partition coefficient (Wildman–Crippen LogP) is 4.38. The smallest absolute Gasteiger partial charge is 0.258 e. The minimum absolute atomic E-state index is 0.00500. The number of amides is 1. The Bertz CT molecular complexity index is 1150. The van der Waals surface area contributed by atoms with Crippen molar-refractivity contribution < 1.29 is 17.6 Å². The fourth-order valence-corrected chi connectivity index (χ4v) is 5.13. The second kappa shape index (κ2) is 9.41. The molecule has 0 saturated heterocycles. The molecule has 3 aromatic carbocycles. The number of nitrogens with zero attached hydrogens (tertiary/aromatic N) is 1. The Morgan fingerprint density at radius 2 is 1.52 bits per heavy atom. The summed E-state index contributed by atoms with van der Waals surface area (Å²) < 4.78 is 41.8. The molecule has 0 aliphatic rings. The Morgan fingerprint density at radius 1 is 0.935 bits per heavy atom. The van der Waals surface area contributed by atoms with Gasteiger partial charge < -0.3 is 4.90 Å². The van der Waals surface area contributed by atoms with Gasteiger partial charge >= 0.3 is 0 Å². The Hall–Kier alpha value is -3.03. The summed E-state index contributed by atoms with van der Waals surface area (Å²) >= 11 is 0. The van der Waals surface area contributed by atoms with Gasteiger partial charge in [-0.15, -0.1) is 0 Å². The van der Waals surface area contributed by atoms with Gasteiger partial charge in [-0.05, 0) is 68.3 Å². The van der Waals surface area contributed by atoms with Crippen molar-refractivity contribution in [2.45, 2.75) is 25.7 Å². The molecule has 3 rings (SSSR count).